The molecule has 0 fully saturated rings. The van der Waals surface area contributed by atoms with Crippen LogP contribution in [0.15, 0.2) is 35.4 Å². The Kier molecular flexibility index (Phi) is 4.31. The minimum Gasteiger partial charge on any atom is -0.291 e. The molecule has 0 radical (unpaired) electrons. The fourth-order valence-electron chi connectivity index (χ4n) is 1.13. The van der Waals surface area contributed by atoms with Gasteiger partial charge in [-0.3, -0.25) is 4.79 Å². The van der Waals surface area contributed by atoms with Crippen LogP contribution in [-0.2, 0) is 0 Å². The summed E-state index contributed by atoms with van der Waals surface area (Å²) in [4.78, 5) is 13.9. The highest BCUT2D eigenvalue weighted by atomic mass is 19.1. The molecule has 1 aromatic carbocycles. The van der Waals surface area contributed by atoms with Gasteiger partial charge in [0.25, 0.3) is 0 Å². The minimum atomic E-state index is -1.60. The van der Waals surface area contributed by atoms with Gasteiger partial charge in [-0.15, -0.1) is 0 Å². The van der Waals surface area contributed by atoms with Crippen LogP contribution in [0.5, 0.6) is 0 Å². The van der Waals surface area contributed by atoms with Gasteiger partial charge in [0.1, 0.15) is 0 Å². The molecule has 0 aliphatic carbocycles. The average Bonchev–Trinajstić information content (AvgIpc) is 2.29. The van der Waals surface area contributed by atoms with Crippen LogP contribution in [0, 0.1) is 0 Å². The largest absolute Gasteiger partial charge is 0.291 e. The van der Waals surface area contributed by atoms with Crippen molar-refractivity contribution in [1.29, 1.82) is 0 Å². The zero-order valence-electron chi connectivity index (χ0n) is 8.01. The van der Waals surface area contributed by atoms with Crippen molar-refractivity contribution >= 4 is 5.78 Å². The summed E-state index contributed by atoms with van der Waals surface area (Å²) in [6.45, 7) is -0.00373. The third-order valence-electron chi connectivity index (χ3n) is 1.89. The zero-order valence-corrected chi connectivity index (χ0v) is 8.01. The van der Waals surface area contributed by atoms with E-state index in [9.17, 15) is 9.18 Å². The van der Waals surface area contributed by atoms with Crippen molar-refractivity contribution in [3.8, 4) is 0 Å². The number of halogens is 1. The second kappa shape index (κ2) is 5.78. The summed E-state index contributed by atoms with van der Waals surface area (Å²) in [7, 11) is 0. The SMILES string of the molecule is [N-]=[N+]=NCCC(F)C(=O)c1ccccc1. The van der Waals surface area contributed by atoms with Crippen molar-refractivity contribution in [3.63, 3.8) is 0 Å². The third-order valence-corrected chi connectivity index (χ3v) is 1.89. The smallest absolute Gasteiger partial charge is 0.196 e. The van der Waals surface area contributed by atoms with Crippen molar-refractivity contribution < 1.29 is 9.18 Å². The molecular weight excluding hydrogens is 197 g/mol. The Morgan fingerprint density at radius 1 is 1.47 bits per heavy atom. The van der Waals surface area contributed by atoms with E-state index in [1.165, 1.54) is 0 Å². The van der Waals surface area contributed by atoms with Crippen LogP contribution in [-0.4, -0.2) is 18.5 Å². The maximum absolute atomic E-state index is 13.3. The van der Waals surface area contributed by atoms with Crippen LogP contribution in [0.2, 0.25) is 0 Å². The molecule has 0 bridgehead atoms. The quantitative estimate of drug-likeness (QED) is 0.317. The lowest BCUT2D eigenvalue weighted by atomic mass is 10.1. The van der Waals surface area contributed by atoms with Crippen LogP contribution in [0.4, 0.5) is 4.39 Å². The van der Waals surface area contributed by atoms with E-state index in [1.54, 1.807) is 30.3 Å². The Balaban J connectivity index is 2.57. The molecule has 0 aromatic heterocycles. The van der Waals surface area contributed by atoms with Gasteiger partial charge in [0.05, 0.1) is 0 Å². The molecule has 0 spiro atoms. The number of carbonyl (C=O) groups excluding carboxylic acids is 1. The second-order valence-corrected chi connectivity index (χ2v) is 2.94. The summed E-state index contributed by atoms with van der Waals surface area (Å²) >= 11 is 0. The summed E-state index contributed by atoms with van der Waals surface area (Å²) in [6.07, 6.45) is -1.67. The van der Waals surface area contributed by atoms with Gasteiger partial charge in [0, 0.05) is 17.0 Å². The Morgan fingerprint density at radius 2 is 2.13 bits per heavy atom. The Labute approximate surface area is 86.4 Å². The van der Waals surface area contributed by atoms with Gasteiger partial charge >= 0.3 is 0 Å². The lowest BCUT2D eigenvalue weighted by molar-refractivity contribution is 0.0871. The van der Waals surface area contributed by atoms with Crippen molar-refractivity contribution in [2.75, 3.05) is 6.54 Å². The molecule has 0 aliphatic rings. The number of benzene rings is 1. The van der Waals surface area contributed by atoms with Crippen molar-refractivity contribution in [1.82, 2.24) is 0 Å². The fourth-order valence-corrected chi connectivity index (χ4v) is 1.13. The van der Waals surface area contributed by atoms with Gasteiger partial charge in [-0.05, 0) is 12.0 Å². The van der Waals surface area contributed by atoms with E-state index in [4.69, 9.17) is 5.53 Å². The van der Waals surface area contributed by atoms with Crippen LogP contribution >= 0.6 is 0 Å². The number of azide groups is 1. The molecule has 0 saturated heterocycles. The fraction of sp³-hybridized carbons (Fsp3) is 0.300. The van der Waals surface area contributed by atoms with Gasteiger partial charge in [-0.1, -0.05) is 35.4 Å². The molecule has 0 aliphatic heterocycles. The van der Waals surface area contributed by atoms with Gasteiger partial charge in [0.15, 0.2) is 12.0 Å². The lowest BCUT2D eigenvalue weighted by Gasteiger charge is -2.04. The molecule has 15 heavy (non-hydrogen) atoms. The first-order chi connectivity index (χ1) is 7.25. The van der Waals surface area contributed by atoms with E-state index in [2.05, 4.69) is 10.0 Å². The predicted molar refractivity (Wildman–Crippen MR) is 54.3 cm³/mol. The molecule has 1 rings (SSSR count). The average molecular weight is 207 g/mol. The van der Waals surface area contributed by atoms with E-state index in [0.29, 0.717) is 5.56 Å². The normalized spacial score (nSPS) is 11.5. The molecule has 0 amide bonds. The number of Topliss-reactive ketones (excluding diaryl/α,β-unsaturated/α-hetero) is 1. The molecule has 1 aromatic rings. The standard InChI is InChI=1S/C10H10FN3O/c11-9(6-7-13-14-12)10(15)8-4-2-1-3-5-8/h1-5,9H,6-7H2. The first kappa shape index (κ1) is 11.2. The summed E-state index contributed by atoms with van der Waals surface area (Å²) < 4.78 is 13.3. The van der Waals surface area contributed by atoms with Crippen molar-refractivity contribution in [2.45, 2.75) is 12.6 Å². The second-order valence-electron chi connectivity index (χ2n) is 2.94. The maximum atomic E-state index is 13.3. The Hall–Kier alpha value is -1.87. The molecule has 4 nitrogen and oxygen atoms in total. The highest BCUT2D eigenvalue weighted by molar-refractivity contribution is 5.99. The molecule has 0 heterocycles. The highest BCUT2D eigenvalue weighted by Gasteiger charge is 2.17. The summed E-state index contributed by atoms with van der Waals surface area (Å²) in [5.74, 6) is -0.566. The number of hydrogen-bond donors (Lipinski definition) is 0. The molecule has 1 atom stereocenters. The van der Waals surface area contributed by atoms with Gasteiger partial charge < -0.3 is 0 Å². The lowest BCUT2D eigenvalue weighted by Crippen LogP contribution is -2.16. The number of nitrogens with zero attached hydrogens (tertiary/aromatic N) is 3. The van der Waals surface area contributed by atoms with Crippen LogP contribution < -0.4 is 0 Å². The number of ketones is 1. The Morgan fingerprint density at radius 3 is 2.73 bits per heavy atom. The van der Waals surface area contributed by atoms with Crippen LogP contribution in [0.25, 0.3) is 10.4 Å². The molecule has 0 saturated carbocycles. The summed E-state index contributed by atoms with van der Waals surface area (Å²) in [5.41, 5.74) is 8.32. The van der Waals surface area contributed by atoms with E-state index >= 15 is 0 Å². The summed E-state index contributed by atoms with van der Waals surface area (Å²) in [6, 6.07) is 8.22. The van der Waals surface area contributed by atoms with Crippen molar-refractivity contribution in [2.24, 2.45) is 5.11 Å². The third kappa shape index (κ3) is 3.40. The number of carbonyl (C=O) groups is 1. The minimum absolute atomic E-state index is 0.00373. The van der Waals surface area contributed by atoms with E-state index in [-0.39, 0.29) is 13.0 Å². The monoisotopic (exact) mass is 207 g/mol. The predicted octanol–water partition coefficient (Wildman–Crippen LogP) is 2.91. The van der Waals surface area contributed by atoms with E-state index in [1.807, 2.05) is 0 Å². The zero-order chi connectivity index (χ0) is 11.1. The maximum Gasteiger partial charge on any atom is 0.196 e. The van der Waals surface area contributed by atoms with Crippen molar-refractivity contribution in [3.05, 3.63) is 46.3 Å². The molecule has 78 valence electrons. The number of hydrogen-bond acceptors (Lipinski definition) is 2. The number of rotatable bonds is 5. The summed E-state index contributed by atoms with van der Waals surface area (Å²) in [5, 5.41) is 3.18. The first-order valence-electron chi connectivity index (χ1n) is 4.50. The molecule has 1 unspecified atom stereocenters. The van der Waals surface area contributed by atoms with Gasteiger partial charge in [-0.2, -0.15) is 0 Å². The molecular formula is C10H10FN3O. The Bertz CT molecular complexity index is 374. The topological polar surface area (TPSA) is 65.8 Å². The van der Waals surface area contributed by atoms with E-state index < -0.39 is 12.0 Å². The molecule has 5 heteroatoms. The van der Waals surface area contributed by atoms with Gasteiger partial charge in [0.2, 0.25) is 0 Å². The number of alkyl halides is 1. The van der Waals surface area contributed by atoms with Crippen LogP contribution in [0.1, 0.15) is 16.8 Å². The first-order valence-corrected chi connectivity index (χ1v) is 4.50. The molecule has 0 N–H and O–H groups in total. The van der Waals surface area contributed by atoms with E-state index in [0.717, 1.165) is 0 Å². The van der Waals surface area contributed by atoms with Gasteiger partial charge in [-0.25, -0.2) is 4.39 Å². The highest BCUT2D eigenvalue weighted by Crippen LogP contribution is 2.09. The van der Waals surface area contributed by atoms with Crippen LogP contribution in [0.3, 0.4) is 0 Å².